The topological polar surface area (TPSA) is 54.9 Å². The lowest BCUT2D eigenvalue weighted by molar-refractivity contribution is 0.0964. The van der Waals surface area contributed by atoms with Gasteiger partial charge in [0.1, 0.15) is 16.9 Å². The Labute approximate surface area is 113 Å². The summed E-state index contributed by atoms with van der Waals surface area (Å²) in [5.41, 5.74) is 2.74. The first kappa shape index (κ1) is 12.0. The van der Waals surface area contributed by atoms with Gasteiger partial charge in [0.25, 0.3) is 5.91 Å². The summed E-state index contributed by atoms with van der Waals surface area (Å²) in [5, 5.41) is 2.78. The first-order valence-corrected chi connectivity index (χ1v) is 6.54. The van der Waals surface area contributed by atoms with Crippen molar-refractivity contribution in [2.45, 2.75) is 12.8 Å². The third-order valence-corrected chi connectivity index (χ3v) is 3.45. The summed E-state index contributed by atoms with van der Waals surface area (Å²) in [5.74, 6) is -0.371. The summed E-state index contributed by atoms with van der Waals surface area (Å²) in [6, 6.07) is 5.18. The Balaban J connectivity index is 1.80. The van der Waals surface area contributed by atoms with E-state index >= 15 is 0 Å². The van der Waals surface area contributed by atoms with Crippen molar-refractivity contribution in [3.8, 4) is 0 Å². The van der Waals surface area contributed by atoms with E-state index in [1.54, 1.807) is 24.3 Å². The summed E-state index contributed by atoms with van der Waals surface area (Å²) in [6.45, 7) is 0. The molecule has 1 aromatic heterocycles. The van der Waals surface area contributed by atoms with Crippen molar-refractivity contribution in [2.75, 3.05) is 0 Å². The fourth-order valence-corrected chi connectivity index (χ4v) is 2.37. The van der Waals surface area contributed by atoms with Crippen molar-refractivity contribution in [3.63, 3.8) is 0 Å². The third-order valence-electron chi connectivity index (χ3n) is 2.89. The SMILES string of the molecule is O=C(NC1=CC=C(F)CC1)c1ccc2nsnc2c1. The molecule has 0 aliphatic heterocycles. The molecule has 1 aliphatic carbocycles. The zero-order valence-corrected chi connectivity index (χ0v) is 10.7. The Morgan fingerprint density at radius 1 is 1.21 bits per heavy atom. The molecular weight excluding hydrogens is 265 g/mol. The highest BCUT2D eigenvalue weighted by Gasteiger charge is 2.12. The molecule has 0 saturated heterocycles. The van der Waals surface area contributed by atoms with Crippen LogP contribution in [0, 0.1) is 0 Å². The highest BCUT2D eigenvalue weighted by atomic mass is 32.1. The van der Waals surface area contributed by atoms with Gasteiger partial charge in [-0.05, 0) is 36.8 Å². The fourth-order valence-electron chi connectivity index (χ4n) is 1.86. The van der Waals surface area contributed by atoms with Gasteiger partial charge in [-0.3, -0.25) is 4.79 Å². The summed E-state index contributed by atoms with van der Waals surface area (Å²) in [6.07, 6.45) is 3.82. The highest BCUT2D eigenvalue weighted by molar-refractivity contribution is 7.00. The lowest BCUT2D eigenvalue weighted by atomic mass is 10.1. The van der Waals surface area contributed by atoms with Crippen molar-refractivity contribution in [2.24, 2.45) is 0 Å². The van der Waals surface area contributed by atoms with Crippen LogP contribution >= 0.6 is 11.7 Å². The quantitative estimate of drug-likeness (QED) is 0.916. The second kappa shape index (κ2) is 4.89. The molecule has 3 rings (SSSR count). The standard InChI is InChI=1S/C13H10FN3OS/c14-9-2-4-10(5-3-9)15-13(18)8-1-6-11-12(7-8)17-19-16-11/h1-2,4,6-7H,3,5H2,(H,15,18). The number of hydrogen-bond acceptors (Lipinski definition) is 4. The van der Waals surface area contributed by atoms with Crippen LogP contribution in [0.5, 0.6) is 0 Å². The van der Waals surface area contributed by atoms with Gasteiger partial charge in [-0.1, -0.05) is 0 Å². The number of fused-ring (bicyclic) bond motifs is 1. The molecule has 0 spiro atoms. The number of aromatic nitrogens is 2. The van der Waals surface area contributed by atoms with Crippen LogP contribution in [0.25, 0.3) is 11.0 Å². The minimum atomic E-state index is -0.211. The van der Waals surface area contributed by atoms with Gasteiger partial charge in [0.05, 0.1) is 11.7 Å². The van der Waals surface area contributed by atoms with E-state index in [4.69, 9.17) is 0 Å². The van der Waals surface area contributed by atoms with E-state index in [1.165, 1.54) is 6.08 Å². The zero-order chi connectivity index (χ0) is 13.2. The lowest BCUT2D eigenvalue weighted by Crippen LogP contribution is -2.23. The van der Waals surface area contributed by atoms with E-state index in [1.807, 2.05) is 0 Å². The van der Waals surface area contributed by atoms with E-state index in [2.05, 4.69) is 14.1 Å². The van der Waals surface area contributed by atoms with Crippen LogP contribution in [0.1, 0.15) is 23.2 Å². The second-order valence-electron chi connectivity index (χ2n) is 4.23. The zero-order valence-electron chi connectivity index (χ0n) is 9.89. The van der Waals surface area contributed by atoms with E-state index in [0.29, 0.717) is 23.9 Å². The van der Waals surface area contributed by atoms with Crippen LogP contribution in [0.4, 0.5) is 4.39 Å². The van der Waals surface area contributed by atoms with E-state index in [0.717, 1.165) is 22.9 Å². The molecule has 2 aromatic rings. The average Bonchev–Trinajstić information content (AvgIpc) is 2.88. The Bertz CT molecular complexity index is 705. The molecule has 1 heterocycles. The molecule has 6 heteroatoms. The Kier molecular flexibility index (Phi) is 3.08. The summed E-state index contributed by atoms with van der Waals surface area (Å²) in [7, 11) is 0. The maximum atomic E-state index is 12.8. The number of carbonyl (C=O) groups excluding carboxylic acids is 1. The van der Waals surface area contributed by atoms with E-state index < -0.39 is 0 Å². The number of nitrogens with one attached hydrogen (secondary N) is 1. The van der Waals surface area contributed by atoms with E-state index in [9.17, 15) is 9.18 Å². The van der Waals surface area contributed by atoms with Crippen LogP contribution in [0.3, 0.4) is 0 Å². The summed E-state index contributed by atoms with van der Waals surface area (Å²) >= 11 is 1.12. The van der Waals surface area contributed by atoms with Crippen molar-refractivity contribution in [3.05, 3.63) is 47.4 Å². The molecule has 0 bridgehead atoms. The molecule has 0 unspecified atom stereocenters. The average molecular weight is 275 g/mol. The lowest BCUT2D eigenvalue weighted by Gasteiger charge is -2.11. The van der Waals surface area contributed by atoms with Gasteiger partial charge in [0, 0.05) is 17.7 Å². The van der Waals surface area contributed by atoms with Crippen molar-refractivity contribution >= 4 is 28.7 Å². The number of nitrogens with zero attached hydrogens (tertiary/aromatic N) is 2. The van der Waals surface area contributed by atoms with Gasteiger partial charge >= 0.3 is 0 Å². The largest absolute Gasteiger partial charge is 0.326 e. The monoisotopic (exact) mass is 275 g/mol. The third kappa shape index (κ3) is 2.53. The number of rotatable bonds is 2. The van der Waals surface area contributed by atoms with E-state index in [-0.39, 0.29) is 11.7 Å². The minimum Gasteiger partial charge on any atom is -0.326 e. The Morgan fingerprint density at radius 2 is 2.05 bits per heavy atom. The molecular formula is C13H10FN3OS. The van der Waals surface area contributed by atoms with Crippen LogP contribution in [-0.4, -0.2) is 14.7 Å². The highest BCUT2D eigenvalue weighted by Crippen LogP contribution is 2.18. The number of hydrogen-bond donors (Lipinski definition) is 1. The molecule has 96 valence electrons. The smallest absolute Gasteiger partial charge is 0.255 e. The first-order valence-electron chi connectivity index (χ1n) is 5.81. The summed E-state index contributed by atoms with van der Waals surface area (Å²) < 4.78 is 21.0. The normalized spacial score (nSPS) is 15.0. The maximum Gasteiger partial charge on any atom is 0.255 e. The van der Waals surface area contributed by atoms with Gasteiger partial charge < -0.3 is 5.32 Å². The van der Waals surface area contributed by atoms with Gasteiger partial charge in [0.15, 0.2) is 0 Å². The van der Waals surface area contributed by atoms with Gasteiger partial charge in [-0.25, -0.2) is 4.39 Å². The van der Waals surface area contributed by atoms with Crippen LogP contribution in [-0.2, 0) is 0 Å². The van der Waals surface area contributed by atoms with Gasteiger partial charge in [-0.2, -0.15) is 8.75 Å². The summed E-state index contributed by atoms with van der Waals surface area (Å²) in [4.78, 5) is 12.0. The van der Waals surface area contributed by atoms with Crippen molar-refractivity contribution in [1.82, 2.24) is 14.1 Å². The van der Waals surface area contributed by atoms with Gasteiger partial charge in [0.2, 0.25) is 0 Å². The predicted octanol–water partition coefficient (Wildman–Crippen LogP) is 2.95. The number of amides is 1. The van der Waals surface area contributed by atoms with Crippen molar-refractivity contribution in [1.29, 1.82) is 0 Å². The minimum absolute atomic E-state index is 0.159. The maximum absolute atomic E-state index is 12.8. The molecule has 0 saturated carbocycles. The molecule has 0 radical (unpaired) electrons. The van der Waals surface area contributed by atoms with Gasteiger partial charge in [-0.15, -0.1) is 0 Å². The predicted molar refractivity (Wildman–Crippen MR) is 71.4 cm³/mol. The molecule has 1 aromatic carbocycles. The Morgan fingerprint density at radius 3 is 2.84 bits per heavy atom. The van der Waals surface area contributed by atoms with Crippen LogP contribution in [0.15, 0.2) is 41.9 Å². The molecule has 0 fully saturated rings. The van der Waals surface area contributed by atoms with Crippen molar-refractivity contribution < 1.29 is 9.18 Å². The fraction of sp³-hybridized carbons (Fsp3) is 0.154. The van der Waals surface area contributed by atoms with Crippen LogP contribution < -0.4 is 5.32 Å². The number of allylic oxidation sites excluding steroid dienone is 4. The second-order valence-corrected chi connectivity index (χ2v) is 4.76. The van der Waals surface area contributed by atoms with Crippen LogP contribution in [0.2, 0.25) is 0 Å². The number of benzene rings is 1. The first-order chi connectivity index (χ1) is 9.22. The number of carbonyl (C=O) groups is 1. The molecule has 19 heavy (non-hydrogen) atoms. The molecule has 4 nitrogen and oxygen atoms in total. The molecule has 0 atom stereocenters. The molecule has 1 N–H and O–H groups in total. The Hall–Kier alpha value is -2.08. The number of halogens is 1. The molecule has 1 aliphatic rings. The molecule has 1 amide bonds.